The molecule has 0 aliphatic rings. The van der Waals surface area contributed by atoms with Crippen LogP contribution in [0.1, 0.15) is 103 Å². The van der Waals surface area contributed by atoms with Crippen molar-refractivity contribution in [1.29, 1.82) is 0 Å². The fraction of sp³-hybridized carbons (Fsp3) is 0.720. The van der Waals surface area contributed by atoms with Crippen LogP contribution >= 0.6 is 0 Å². The topological polar surface area (TPSA) is 35.5 Å². The highest BCUT2D eigenvalue weighted by molar-refractivity contribution is 5.74. The smallest absolute Gasteiger partial charge is 0.347 e. The zero-order valence-corrected chi connectivity index (χ0v) is 18.3. The molecule has 1 rings (SSSR count). The van der Waals surface area contributed by atoms with Crippen LogP contribution in [-0.2, 0) is 9.53 Å². The Morgan fingerprint density at radius 3 is 1.68 bits per heavy atom. The van der Waals surface area contributed by atoms with Crippen molar-refractivity contribution < 1.29 is 14.3 Å². The van der Waals surface area contributed by atoms with E-state index in [-0.39, 0.29) is 5.97 Å². The van der Waals surface area contributed by atoms with Crippen molar-refractivity contribution in [2.45, 2.75) is 109 Å². The van der Waals surface area contributed by atoms with Crippen molar-refractivity contribution in [3.63, 3.8) is 0 Å². The first-order valence-corrected chi connectivity index (χ1v) is 11.6. The van der Waals surface area contributed by atoms with E-state index in [0.717, 1.165) is 25.0 Å². The first-order valence-electron chi connectivity index (χ1n) is 11.6. The minimum atomic E-state index is -0.496. The van der Waals surface area contributed by atoms with Crippen LogP contribution in [0, 0.1) is 0 Å². The summed E-state index contributed by atoms with van der Waals surface area (Å²) in [4.78, 5) is 11.9. The summed E-state index contributed by atoms with van der Waals surface area (Å²) in [6.07, 6.45) is 18.9. The molecule has 0 heterocycles. The number of hydrogen-bond donors (Lipinski definition) is 0. The predicted molar refractivity (Wildman–Crippen MR) is 118 cm³/mol. The molecule has 1 aromatic rings. The van der Waals surface area contributed by atoms with Crippen LogP contribution in [0.5, 0.6) is 5.75 Å². The van der Waals surface area contributed by atoms with E-state index in [0.29, 0.717) is 0 Å². The van der Waals surface area contributed by atoms with Gasteiger partial charge in [-0.1, -0.05) is 109 Å². The van der Waals surface area contributed by atoms with Gasteiger partial charge < -0.3 is 9.47 Å². The average molecular weight is 391 g/mol. The lowest BCUT2D eigenvalue weighted by molar-refractivity contribution is -0.149. The number of esters is 1. The Kier molecular flexibility index (Phi) is 15.4. The third-order valence-electron chi connectivity index (χ3n) is 5.31. The second kappa shape index (κ2) is 17.6. The standard InChI is InChI=1S/C25H42O3/c1-3-4-5-6-7-8-9-10-11-12-13-14-15-19-22-24(25(26)27-2)28-23-20-17-16-18-21-23/h16-18,20-21,24H,3-15,19,22H2,1-2H3. The summed E-state index contributed by atoms with van der Waals surface area (Å²) < 4.78 is 10.7. The molecule has 0 fully saturated rings. The number of carbonyl (C=O) groups is 1. The zero-order valence-electron chi connectivity index (χ0n) is 18.3. The second-order valence-electron chi connectivity index (χ2n) is 7.83. The van der Waals surface area contributed by atoms with Crippen molar-refractivity contribution in [3.05, 3.63) is 30.3 Å². The monoisotopic (exact) mass is 390 g/mol. The van der Waals surface area contributed by atoms with Crippen molar-refractivity contribution in [3.8, 4) is 5.75 Å². The lowest BCUT2D eigenvalue weighted by atomic mass is 10.0. The van der Waals surface area contributed by atoms with Gasteiger partial charge >= 0.3 is 5.97 Å². The van der Waals surface area contributed by atoms with Crippen molar-refractivity contribution in [2.75, 3.05) is 7.11 Å². The summed E-state index contributed by atoms with van der Waals surface area (Å²) in [6.45, 7) is 2.27. The van der Waals surface area contributed by atoms with E-state index >= 15 is 0 Å². The van der Waals surface area contributed by atoms with Gasteiger partial charge in [0.1, 0.15) is 5.75 Å². The van der Waals surface area contributed by atoms with E-state index in [9.17, 15) is 4.79 Å². The SMILES string of the molecule is CCCCCCCCCCCCCCCCC(Oc1ccccc1)C(=O)OC. The normalized spacial score (nSPS) is 11.9. The quantitative estimate of drug-likeness (QED) is 0.192. The fourth-order valence-electron chi connectivity index (χ4n) is 3.54. The van der Waals surface area contributed by atoms with E-state index in [2.05, 4.69) is 6.92 Å². The Morgan fingerprint density at radius 1 is 0.750 bits per heavy atom. The first-order chi connectivity index (χ1) is 13.8. The van der Waals surface area contributed by atoms with Crippen LogP contribution in [0.25, 0.3) is 0 Å². The van der Waals surface area contributed by atoms with Gasteiger partial charge in [0.2, 0.25) is 0 Å². The number of methoxy groups -OCH3 is 1. The predicted octanol–water partition coefficient (Wildman–Crippen LogP) is 7.48. The first kappa shape index (κ1) is 24.5. The van der Waals surface area contributed by atoms with E-state index in [1.165, 1.54) is 84.2 Å². The average Bonchev–Trinajstić information content (AvgIpc) is 2.73. The molecule has 3 heteroatoms. The number of benzene rings is 1. The molecule has 1 unspecified atom stereocenters. The molecule has 0 amide bonds. The molecule has 0 N–H and O–H groups in total. The molecule has 0 spiro atoms. The Hall–Kier alpha value is -1.51. The second-order valence-corrected chi connectivity index (χ2v) is 7.83. The summed E-state index contributed by atoms with van der Waals surface area (Å²) >= 11 is 0. The van der Waals surface area contributed by atoms with Crippen molar-refractivity contribution in [1.82, 2.24) is 0 Å². The Balaban J connectivity index is 1.99. The van der Waals surface area contributed by atoms with E-state index in [1.807, 2.05) is 30.3 Å². The number of rotatable bonds is 18. The molecule has 1 atom stereocenters. The molecular formula is C25H42O3. The number of carbonyl (C=O) groups excluding carboxylic acids is 1. The lowest BCUT2D eigenvalue weighted by Crippen LogP contribution is -2.28. The van der Waals surface area contributed by atoms with Crippen LogP contribution in [0.4, 0.5) is 0 Å². The third-order valence-corrected chi connectivity index (χ3v) is 5.31. The highest BCUT2D eigenvalue weighted by Crippen LogP contribution is 2.17. The Bertz CT molecular complexity index is 472. The highest BCUT2D eigenvalue weighted by Gasteiger charge is 2.20. The molecule has 0 radical (unpaired) electrons. The summed E-state index contributed by atoms with van der Waals surface area (Å²) in [5, 5.41) is 0. The molecule has 1 aromatic carbocycles. The molecular weight excluding hydrogens is 348 g/mol. The van der Waals surface area contributed by atoms with Gasteiger partial charge in [0.25, 0.3) is 0 Å². The summed E-state index contributed by atoms with van der Waals surface area (Å²) in [5.74, 6) is 0.446. The fourth-order valence-corrected chi connectivity index (χ4v) is 3.54. The highest BCUT2D eigenvalue weighted by atomic mass is 16.6. The minimum absolute atomic E-state index is 0.279. The van der Waals surface area contributed by atoms with Crippen LogP contribution in [0.2, 0.25) is 0 Å². The summed E-state index contributed by atoms with van der Waals surface area (Å²) in [7, 11) is 1.43. The Labute approximate surface area is 173 Å². The molecule has 0 bridgehead atoms. The number of para-hydroxylation sites is 1. The zero-order chi connectivity index (χ0) is 20.3. The van der Waals surface area contributed by atoms with Gasteiger partial charge in [-0.25, -0.2) is 4.79 Å². The minimum Gasteiger partial charge on any atom is -0.479 e. The molecule has 28 heavy (non-hydrogen) atoms. The van der Waals surface area contributed by atoms with Gasteiger partial charge in [0.05, 0.1) is 7.11 Å². The molecule has 0 saturated heterocycles. The number of ether oxygens (including phenoxy) is 2. The summed E-state index contributed by atoms with van der Waals surface area (Å²) in [5.41, 5.74) is 0. The van der Waals surface area contributed by atoms with Crippen LogP contribution in [0.15, 0.2) is 30.3 Å². The van der Waals surface area contributed by atoms with Gasteiger partial charge in [-0.15, -0.1) is 0 Å². The maximum Gasteiger partial charge on any atom is 0.347 e. The molecule has 0 aliphatic heterocycles. The molecule has 160 valence electrons. The van der Waals surface area contributed by atoms with Crippen LogP contribution in [-0.4, -0.2) is 19.2 Å². The van der Waals surface area contributed by atoms with E-state index in [1.54, 1.807) is 0 Å². The summed E-state index contributed by atoms with van der Waals surface area (Å²) in [6, 6.07) is 9.52. The maximum atomic E-state index is 11.9. The maximum absolute atomic E-state index is 11.9. The number of unbranched alkanes of at least 4 members (excludes halogenated alkanes) is 13. The molecule has 3 nitrogen and oxygen atoms in total. The van der Waals surface area contributed by atoms with Gasteiger partial charge in [0.15, 0.2) is 6.10 Å². The van der Waals surface area contributed by atoms with E-state index in [4.69, 9.17) is 9.47 Å². The van der Waals surface area contributed by atoms with Crippen LogP contribution < -0.4 is 4.74 Å². The van der Waals surface area contributed by atoms with E-state index < -0.39 is 6.10 Å². The van der Waals surface area contributed by atoms with Crippen molar-refractivity contribution in [2.24, 2.45) is 0 Å². The van der Waals surface area contributed by atoms with Gasteiger partial charge in [-0.05, 0) is 25.0 Å². The van der Waals surface area contributed by atoms with Gasteiger partial charge in [-0.3, -0.25) is 0 Å². The van der Waals surface area contributed by atoms with Crippen molar-refractivity contribution >= 4 is 5.97 Å². The Morgan fingerprint density at radius 2 is 1.21 bits per heavy atom. The molecule has 0 aromatic heterocycles. The lowest BCUT2D eigenvalue weighted by Gasteiger charge is -2.16. The largest absolute Gasteiger partial charge is 0.479 e. The third kappa shape index (κ3) is 12.8. The molecule has 0 saturated carbocycles. The van der Waals surface area contributed by atoms with Crippen LogP contribution in [0.3, 0.4) is 0 Å². The van der Waals surface area contributed by atoms with Gasteiger partial charge in [0, 0.05) is 0 Å². The molecule has 0 aliphatic carbocycles. The van der Waals surface area contributed by atoms with Gasteiger partial charge in [-0.2, -0.15) is 0 Å². The number of hydrogen-bond acceptors (Lipinski definition) is 3.